The van der Waals surface area contributed by atoms with Gasteiger partial charge >= 0.3 is 0 Å². The molecule has 0 unspecified atom stereocenters. The Kier molecular flexibility index (Phi) is 2.53. The standard InChI is InChI=1S/C10H10INO/c11-9-3-1-2-8(6-9)7-10(13)12-4-5-12/h1-3,6H,4-5,7H2. The Morgan fingerprint density at radius 3 is 2.85 bits per heavy atom. The summed E-state index contributed by atoms with van der Waals surface area (Å²) in [5.41, 5.74) is 1.11. The van der Waals surface area contributed by atoms with Crippen molar-refractivity contribution in [2.75, 3.05) is 13.1 Å². The summed E-state index contributed by atoms with van der Waals surface area (Å²) in [6, 6.07) is 8.09. The Labute approximate surface area is 91.1 Å². The van der Waals surface area contributed by atoms with Crippen molar-refractivity contribution in [1.82, 2.24) is 4.90 Å². The first-order valence-corrected chi connectivity index (χ1v) is 5.36. The molecule has 0 bridgehead atoms. The third kappa shape index (κ3) is 2.43. The highest BCUT2D eigenvalue weighted by molar-refractivity contribution is 14.1. The summed E-state index contributed by atoms with van der Waals surface area (Å²) in [5, 5.41) is 0. The monoisotopic (exact) mass is 287 g/mol. The summed E-state index contributed by atoms with van der Waals surface area (Å²) < 4.78 is 1.19. The van der Waals surface area contributed by atoms with Crippen LogP contribution in [0.1, 0.15) is 5.56 Å². The molecule has 1 aliphatic rings. The molecular weight excluding hydrogens is 277 g/mol. The molecule has 3 heteroatoms. The number of halogens is 1. The van der Waals surface area contributed by atoms with E-state index in [9.17, 15) is 4.79 Å². The second kappa shape index (κ2) is 3.65. The smallest absolute Gasteiger partial charge is 0.227 e. The molecule has 0 atom stereocenters. The summed E-state index contributed by atoms with van der Waals surface area (Å²) in [7, 11) is 0. The lowest BCUT2D eigenvalue weighted by atomic mass is 10.1. The van der Waals surface area contributed by atoms with E-state index in [1.54, 1.807) is 0 Å². The number of carbonyl (C=O) groups excluding carboxylic acids is 1. The topological polar surface area (TPSA) is 20.1 Å². The van der Waals surface area contributed by atoms with Gasteiger partial charge in [0.1, 0.15) is 0 Å². The van der Waals surface area contributed by atoms with Crippen LogP contribution < -0.4 is 0 Å². The van der Waals surface area contributed by atoms with Crippen LogP contribution in [0.15, 0.2) is 24.3 Å². The highest BCUT2D eigenvalue weighted by Crippen LogP contribution is 2.12. The minimum Gasteiger partial charge on any atom is -0.339 e. The van der Waals surface area contributed by atoms with Gasteiger partial charge in [0.25, 0.3) is 0 Å². The van der Waals surface area contributed by atoms with Gasteiger partial charge in [-0.1, -0.05) is 12.1 Å². The lowest BCUT2D eigenvalue weighted by molar-refractivity contribution is -0.125. The van der Waals surface area contributed by atoms with Gasteiger partial charge in [-0.3, -0.25) is 4.79 Å². The Morgan fingerprint density at radius 2 is 2.23 bits per heavy atom. The van der Waals surface area contributed by atoms with E-state index in [0.717, 1.165) is 18.7 Å². The number of hydrogen-bond acceptors (Lipinski definition) is 1. The van der Waals surface area contributed by atoms with Crippen molar-refractivity contribution >= 4 is 28.5 Å². The van der Waals surface area contributed by atoms with Gasteiger partial charge in [-0.05, 0) is 40.3 Å². The average Bonchev–Trinajstić information content (AvgIpc) is 2.85. The van der Waals surface area contributed by atoms with Crippen LogP contribution in [-0.4, -0.2) is 23.9 Å². The van der Waals surface area contributed by atoms with Gasteiger partial charge in [-0.25, -0.2) is 0 Å². The maximum atomic E-state index is 11.4. The quantitative estimate of drug-likeness (QED) is 0.598. The van der Waals surface area contributed by atoms with Crippen LogP contribution in [0.2, 0.25) is 0 Å². The molecule has 0 saturated carbocycles. The minimum atomic E-state index is 0.252. The van der Waals surface area contributed by atoms with Gasteiger partial charge in [0, 0.05) is 16.7 Å². The SMILES string of the molecule is O=C(Cc1cccc(I)c1)N1CC1. The first-order valence-electron chi connectivity index (χ1n) is 4.28. The van der Waals surface area contributed by atoms with Crippen LogP contribution in [0.4, 0.5) is 0 Å². The summed E-state index contributed by atoms with van der Waals surface area (Å²) in [5.74, 6) is 0.252. The van der Waals surface area contributed by atoms with Gasteiger partial charge in [0.05, 0.1) is 6.42 Å². The number of carbonyl (C=O) groups is 1. The first-order chi connectivity index (χ1) is 6.25. The highest BCUT2D eigenvalue weighted by atomic mass is 127. The molecular formula is C10H10INO. The molecule has 1 aliphatic heterocycles. The molecule has 1 aromatic rings. The van der Waals surface area contributed by atoms with E-state index in [1.165, 1.54) is 3.57 Å². The molecule has 1 heterocycles. The number of benzene rings is 1. The minimum absolute atomic E-state index is 0.252. The van der Waals surface area contributed by atoms with Gasteiger partial charge in [-0.2, -0.15) is 0 Å². The Hall–Kier alpha value is -0.580. The van der Waals surface area contributed by atoms with Gasteiger partial charge in [-0.15, -0.1) is 0 Å². The van der Waals surface area contributed by atoms with Crippen molar-refractivity contribution in [3.63, 3.8) is 0 Å². The molecule has 1 aromatic carbocycles. The van der Waals surface area contributed by atoms with Crippen LogP contribution >= 0.6 is 22.6 Å². The fraction of sp³-hybridized carbons (Fsp3) is 0.300. The van der Waals surface area contributed by atoms with E-state index in [4.69, 9.17) is 0 Å². The van der Waals surface area contributed by atoms with E-state index in [0.29, 0.717) is 6.42 Å². The Morgan fingerprint density at radius 1 is 1.46 bits per heavy atom. The molecule has 68 valence electrons. The zero-order chi connectivity index (χ0) is 9.26. The molecule has 2 rings (SSSR count). The van der Waals surface area contributed by atoms with Crippen molar-refractivity contribution in [1.29, 1.82) is 0 Å². The average molecular weight is 287 g/mol. The predicted molar refractivity (Wildman–Crippen MR) is 59.4 cm³/mol. The second-order valence-corrected chi connectivity index (χ2v) is 4.43. The number of hydrogen-bond donors (Lipinski definition) is 0. The van der Waals surface area contributed by atoms with E-state index >= 15 is 0 Å². The molecule has 2 nitrogen and oxygen atoms in total. The maximum absolute atomic E-state index is 11.4. The predicted octanol–water partition coefficient (Wildman–Crippen LogP) is 1.68. The molecule has 0 radical (unpaired) electrons. The van der Waals surface area contributed by atoms with Crippen LogP contribution in [0, 0.1) is 3.57 Å². The molecule has 13 heavy (non-hydrogen) atoms. The molecule has 1 fully saturated rings. The van der Waals surface area contributed by atoms with Crippen molar-refractivity contribution < 1.29 is 4.79 Å². The lowest BCUT2D eigenvalue weighted by Crippen LogP contribution is -2.13. The summed E-state index contributed by atoms with van der Waals surface area (Å²) in [4.78, 5) is 13.3. The second-order valence-electron chi connectivity index (χ2n) is 3.19. The Balaban J connectivity index is 2.04. The molecule has 1 saturated heterocycles. The van der Waals surface area contributed by atoms with Gasteiger partial charge < -0.3 is 4.90 Å². The number of nitrogens with zero attached hydrogens (tertiary/aromatic N) is 1. The van der Waals surface area contributed by atoms with Crippen LogP contribution in [0.3, 0.4) is 0 Å². The van der Waals surface area contributed by atoms with E-state index < -0.39 is 0 Å². The number of rotatable bonds is 2. The van der Waals surface area contributed by atoms with E-state index in [-0.39, 0.29) is 5.91 Å². The molecule has 0 spiro atoms. The lowest BCUT2D eigenvalue weighted by Gasteiger charge is -2.01. The molecule has 1 amide bonds. The fourth-order valence-corrected chi connectivity index (χ4v) is 1.84. The Bertz CT molecular complexity index is 333. The summed E-state index contributed by atoms with van der Waals surface area (Å²) in [6.45, 7) is 1.89. The fourth-order valence-electron chi connectivity index (χ4n) is 1.23. The largest absolute Gasteiger partial charge is 0.339 e. The van der Waals surface area contributed by atoms with Crippen molar-refractivity contribution in [2.24, 2.45) is 0 Å². The summed E-state index contributed by atoms with van der Waals surface area (Å²) >= 11 is 2.26. The van der Waals surface area contributed by atoms with Crippen LogP contribution in [-0.2, 0) is 11.2 Å². The normalized spacial score (nSPS) is 14.4. The van der Waals surface area contributed by atoms with Crippen molar-refractivity contribution in [3.8, 4) is 0 Å². The highest BCUT2D eigenvalue weighted by Gasteiger charge is 2.23. The molecule has 0 aliphatic carbocycles. The van der Waals surface area contributed by atoms with Crippen molar-refractivity contribution in [2.45, 2.75) is 6.42 Å². The zero-order valence-corrected chi connectivity index (χ0v) is 9.32. The molecule has 0 N–H and O–H groups in total. The van der Waals surface area contributed by atoms with E-state index in [1.807, 2.05) is 23.1 Å². The van der Waals surface area contributed by atoms with Gasteiger partial charge in [0.15, 0.2) is 0 Å². The van der Waals surface area contributed by atoms with Gasteiger partial charge in [0.2, 0.25) is 5.91 Å². The van der Waals surface area contributed by atoms with E-state index in [2.05, 4.69) is 28.7 Å². The maximum Gasteiger partial charge on any atom is 0.227 e. The van der Waals surface area contributed by atoms with Crippen LogP contribution in [0.5, 0.6) is 0 Å². The van der Waals surface area contributed by atoms with Crippen LogP contribution in [0.25, 0.3) is 0 Å². The zero-order valence-electron chi connectivity index (χ0n) is 7.16. The number of amides is 1. The molecule has 0 aromatic heterocycles. The van der Waals surface area contributed by atoms with Crippen molar-refractivity contribution in [3.05, 3.63) is 33.4 Å². The third-order valence-corrected chi connectivity index (χ3v) is 2.72. The summed E-state index contributed by atoms with van der Waals surface area (Å²) in [6.07, 6.45) is 0.552. The third-order valence-electron chi connectivity index (χ3n) is 2.04. The first kappa shape index (κ1) is 8.99.